The third kappa shape index (κ3) is 5.71. The molecule has 0 spiro atoms. The number of piperazine rings is 1. The van der Waals surface area contributed by atoms with E-state index >= 15 is 0 Å². The van der Waals surface area contributed by atoms with Gasteiger partial charge in [0.15, 0.2) is 11.5 Å². The Morgan fingerprint density at radius 1 is 0.974 bits per heavy atom. The molecule has 0 bridgehead atoms. The predicted octanol–water partition coefficient (Wildman–Crippen LogP) is 5.93. The van der Waals surface area contributed by atoms with E-state index < -0.39 is 6.03 Å². The van der Waals surface area contributed by atoms with Gasteiger partial charge in [-0.15, -0.1) is 0 Å². The molecule has 0 unspecified atom stereocenters. The standard InChI is InChI=1S/C26H29Cl3N6O3/c1-5-34-10-12-35(13-11-34)17-8-6-16(7-9-17)18-14-19(31-15-30-18)33(2)26(36)32-23-20(27)24(37-3)22(29)25(38-4)21(23)28/h6-9,14-15H,5,10-13H2,1-4H3,(H,32,36). The summed E-state index contributed by atoms with van der Waals surface area (Å²) in [5.41, 5.74) is 2.88. The summed E-state index contributed by atoms with van der Waals surface area (Å²) in [5, 5.41) is 2.89. The lowest BCUT2D eigenvalue weighted by molar-refractivity contribution is 0.258. The number of halogens is 3. The van der Waals surface area contributed by atoms with Crippen LogP contribution in [-0.4, -0.2) is 74.9 Å². The monoisotopic (exact) mass is 578 g/mol. The zero-order chi connectivity index (χ0) is 27.4. The van der Waals surface area contributed by atoms with Gasteiger partial charge in [0.05, 0.1) is 25.6 Å². The van der Waals surface area contributed by atoms with Gasteiger partial charge < -0.3 is 24.6 Å². The van der Waals surface area contributed by atoms with Gasteiger partial charge in [-0.1, -0.05) is 53.9 Å². The van der Waals surface area contributed by atoms with Crippen LogP contribution in [0.4, 0.5) is 22.0 Å². The van der Waals surface area contributed by atoms with Crippen molar-refractivity contribution < 1.29 is 14.3 Å². The minimum atomic E-state index is -0.536. The van der Waals surface area contributed by atoms with Crippen LogP contribution < -0.4 is 24.6 Å². The van der Waals surface area contributed by atoms with Crippen molar-refractivity contribution >= 4 is 58.0 Å². The van der Waals surface area contributed by atoms with E-state index in [0.717, 1.165) is 38.3 Å². The number of nitrogens with zero attached hydrogens (tertiary/aromatic N) is 5. The first-order valence-corrected chi connectivity index (χ1v) is 13.1. The van der Waals surface area contributed by atoms with Gasteiger partial charge in [-0.2, -0.15) is 0 Å². The molecule has 0 saturated carbocycles. The molecule has 2 aromatic carbocycles. The number of hydrogen-bond donors (Lipinski definition) is 1. The van der Waals surface area contributed by atoms with E-state index in [9.17, 15) is 4.79 Å². The number of aromatic nitrogens is 2. The fourth-order valence-electron chi connectivity index (χ4n) is 4.24. The molecular weight excluding hydrogens is 551 g/mol. The largest absolute Gasteiger partial charge is 0.493 e. The molecule has 1 fully saturated rings. The zero-order valence-corrected chi connectivity index (χ0v) is 23.9. The third-order valence-corrected chi connectivity index (χ3v) is 7.59. The maximum atomic E-state index is 13.1. The Bertz CT molecular complexity index is 1270. The van der Waals surface area contributed by atoms with E-state index in [2.05, 4.69) is 44.1 Å². The lowest BCUT2D eigenvalue weighted by Gasteiger charge is -2.35. The highest BCUT2D eigenvalue weighted by Gasteiger charge is 2.25. The Labute approximate surface area is 237 Å². The molecule has 1 N–H and O–H groups in total. The Kier molecular flexibility index (Phi) is 9.04. The molecule has 1 aromatic heterocycles. The summed E-state index contributed by atoms with van der Waals surface area (Å²) >= 11 is 19.1. The Balaban J connectivity index is 1.51. The van der Waals surface area contributed by atoms with Gasteiger partial charge in [-0.3, -0.25) is 4.90 Å². The molecule has 4 rings (SSSR count). The summed E-state index contributed by atoms with van der Waals surface area (Å²) in [7, 11) is 4.38. The molecule has 1 saturated heterocycles. The summed E-state index contributed by atoms with van der Waals surface area (Å²) in [6.45, 7) is 7.41. The number of carbonyl (C=O) groups excluding carboxylic acids is 1. The highest BCUT2D eigenvalue weighted by Crippen LogP contribution is 2.50. The van der Waals surface area contributed by atoms with Gasteiger partial charge in [0.2, 0.25) is 0 Å². The normalized spacial score (nSPS) is 13.8. The number of rotatable bonds is 7. The number of hydrogen-bond acceptors (Lipinski definition) is 7. The Morgan fingerprint density at radius 3 is 2.13 bits per heavy atom. The minimum Gasteiger partial charge on any atom is -0.493 e. The number of nitrogens with one attached hydrogen (secondary N) is 1. The van der Waals surface area contributed by atoms with Crippen molar-refractivity contribution in [1.29, 1.82) is 0 Å². The fourth-order valence-corrected chi connectivity index (χ4v) is 5.35. The van der Waals surface area contributed by atoms with Crippen LogP contribution in [0.25, 0.3) is 11.3 Å². The second-order valence-corrected chi connectivity index (χ2v) is 9.74. The second kappa shape index (κ2) is 12.3. The van der Waals surface area contributed by atoms with Crippen molar-refractivity contribution in [3.05, 3.63) is 51.7 Å². The number of urea groups is 1. The predicted molar refractivity (Wildman–Crippen MR) is 154 cm³/mol. The third-order valence-electron chi connectivity index (χ3n) is 6.53. The number of benzene rings is 2. The fraction of sp³-hybridized carbons (Fsp3) is 0.346. The van der Waals surface area contributed by atoms with Crippen molar-refractivity contribution in [2.75, 3.05) is 69.1 Å². The van der Waals surface area contributed by atoms with Crippen LogP contribution in [0.2, 0.25) is 15.1 Å². The van der Waals surface area contributed by atoms with E-state index in [1.807, 2.05) is 12.1 Å². The van der Waals surface area contributed by atoms with Gasteiger partial charge >= 0.3 is 6.03 Å². The Morgan fingerprint density at radius 2 is 1.58 bits per heavy atom. The van der Waals surface area contributed by atoms with Crippen LogP contribution >= 0.6 is 34.8 Å². The van der Waals surface area contributed by atoms with E-state index in [-0.39, 0.29) is 32.3 Å². The van der Waals surface area contributed by atoms with Crippen LogP contribution in [0.3, 0.4) is 0 Å². The Hall–Kier alpha value is -2.98. The molecule has 0 atom stereocenters. The summed E-state index contributed by atoms with van der Waals surface area (Å²) < 4.78 is 10.5. The molecule has 1 aliphatic rings. The van der Waals surface area contributed by atoms with Crippen LogP contribution in [0.5, 0.6) is 11.5 Å². The lowest BCUT2D eigenvalue weighted by Crippen LogP contribution is -2.46. The molecule has 3 aromatic rings. The average Bonchev–Trinajstić information content (AvgIpc) is 2.95. The van der Waals surface area contributed by atoms with Gasteiger partial charge in [-0.05, 0) is 18.7 Å². The molecule has 0 aliphatic carbocycles. The van der Waals surface area contributed by atoms with Crippen molar-refractivity contribution in [2.45, 2.75) is 6.92 Å². The number of anilines is 3. The van der Waals surface area contributed by atoms with E-state index in [4.69, 9.17) is 44.3 Å². The van der Waals surface area contributed by atoms with Crippen LogP contribution in [-0.2, 0) is 0 Å². The highest BCUT2D eigenvalue weighted by molar-refractivity contribution is 6.45. The minimum absolute atomic E-state index is 0.0459. The first kappa shape index (κ1) is 28.0. The van der Waals surface area contributed by atoms with Gasteiger partial charge in [-0.25, -0.2) is 14.8 Å². The molecular formula is C26H29Cl3N6O3. The zero-order valence-electron chi connectivity index (χ0n) is 21.6. The molecule has 1 aliphatic heterocycles. The van der Waals surface area contributed by atoms with Gasteiger partial charge in [0, 0.05) is 50.5 Å². The summed E-state index contributed by atoms with van der Waals surface area (Å²) in [6.07, 6.45) is 1.42. The molecule has 2 amide bonds. The summed E-state index contributed by atoms with van der Waals surface area (Å²) in [4.78, 5) is 28.0. The van der Waals surface area contributed by atoms with Crippen LogP contribution in [0.1, 0.15) is 6.92 Å². The molecule has 38 heavy (non-hydrogen) atoms. The number of carbonyl (C=O) groups is 1. The molecule has 202 valence electrons. The SMILES string of the molecule is CCN1CCN(c2ccc(-c3cc(N(C)C(=O)Nc4c(Cl)c(OC)c(Cl)c(OC)c4Cl)ncn3)cc2)CC1. The summed E-state index contributed by atoms with van der Waals surface area (Å²) in [6, 6.07) is 9.45. The molecule has 0 radical (unpaired) electrons. The topological polar surface area (TPSA) is 83.1 Å². The van der Waals surface area contributed by atoms with Gasteiger partial charge in [0.1, 0.15) is 27.2 Å². The number of ether oxygens (including phenoxy) is 2. The lowest BCUT2D eigenvalue weighted by atomic mass is 10.1. The molecule has 2 heterocycles. The van der Waals surface area contributed by atoms with Crippen molar-refractivity contribution in [3.8, 4) is 22.8 Å². The van der Waals surface area contributed by atoms with Crippen LogP contribution in [0.15, 0.2) is 36.7 Å². The van der Waals surface area contributed by atoms with Crippen molar-refractivity contribution in [3.63, 3.8) is 0 Å². The van der Waals surface area contributed by atoms with Gasteiger partial charge in [0.25, 0.3) is 0 Å². The second-order valence-electron chi connectivity index (χ2n) is 8.60. The van der Waals surface area contributed by atoms with Crippen LogP contribution in [0, 0.1) is 0 Å². The van der Waals surface area contributed by atoms with E-state index in [1.54, 1.807) is 13.1 Å². The van der Waals surface area contributed by atoms with Crippen molar-refractivity contribution in [2.24, 2.45) is 0 Å². The number of likely N-dealkylation sites (N-methyl/N-ethyl adjacent to an activating group) is 1. The quantitative estimate of drug-likeness (QED) is 0.371. The first-order chi connectivity index (χ1) is 18.3. The maximum Gasteiger partial charge on any atom is 0.327 e. The first-order valence-electron chi connectivity index (χ1n) is 12.0. The van der Waals surface area contributed by atoms with Crippen molar-refractivity contribution in [1.82, 2.24) is 14.9 Å². The smallest absolute Gasteiger partial charge is 0.327 e. The number of amides is 2. The molecule has 12 heteroatoms. The maximum absolute atomic E-state index is 13.1. The highest BCUT2D eigenvalue weighted by atomic mass is 35.5. The number of methoxy groups -OCH3 is 2. The average molecular weight is 580 g/mol. The van der Waals surface area contributed by atoms with E-state index in [1.165, 1.54) is 31.1 Å². The molecule has 9 nitrogen and oxygen atoms in total. The van der Waals surface area contributed by atoms with E-state index in [0.29, 0.717) is 11.5 Å². The summed E-state index contributed by atoms with van der Waals surface area (Å²) in [5.74, 6) is 0.646.